The molecule has 4 nitrogen and oxygen atoms in total. The second-order valence-electron chi connectivity index (χ2n) is 4.12. The second kappa shape index (κ2) is 5.59. The zero-order chi connectivity index (χ0) is 14.0. The zero-order valence-corrected chi connectivity index (χ0v) is 11.7. The minimum Gasteiger partial charge on any atom is -0.493 e. The highest BCUT2D eigenvalue weighted by Crippen LogP contribution is 2.30. The molecule has 1 aromatic carbocycles. The van der Waals surface area contributed by atoms with Crippen LogP contribution in [0.25, 0.3) is 0 Å². The van der Waals surface area contributed by atoms with Gasteiger partial charge >= 0.3 is 0 Å². The average molecular weight is 284 g/mol. The molecule has 0 aliphatic carbocycles. The quantitative estimate of drug-likeness (QED) is 0.937. The largest absolute Gasteiger partial charge is 0.493 e. The van der Waals surface area contributed by atoms with Gasteiger partial charge in [0.2, 0.25) is 0 Å². The normalized spacial score (nSPS) is 12.5. The van der Waals surface area contributed by atoms with E-state index in [0.717, 1.165) is 11.3 Å². The molecule has 0 amide bonds. The molecule has 2 aromatic rings. The number of ether oxygens (including phenoxy) is 1. The Labute approximate surface area is 116 Å². The maximum absolute atomic E-state index is 13.2. The molecule has 0 aliphatic heterocycles. The Morgan fingerprint density at radius 3 is 2.79 bits per heavy atom. The summed E-state index contributed by atoms with van der Waals surface area (Å²) < 4.78 is 20.3. The minimum atomic E-state index is -0.433. The predicted octanol–water partition coefficient (Wildman–Crippen LogP) is 2.53. The van der Waals surface area contributed by atoms with Gasteiger partial charge in [-0.15, -0.1) is 0 Å². The van der Waals surface area contributed by atoms with Gasteiger partial charge in [-0.2, -0.15) is 5.10 Å². The number of halogens is 2. The van der Waals surface area contributed by atoms with Crippen LogP contribution >= 0.6 is 11.6 Å². The van der Waals surface area contributed by atoms with Crippen LogP contribution in [0.5, 0.6) is 5.75 Å². The Bertz CT molecular complexity index is 585. The SMILES string of the molecule is CNC(c1ccc(F)c(Cl)c1)c1c(OC)cnn1C. The summed E-state index contributed by atoms with van der Waals surface area (Å²) in [5, 5.41) is 7.42. The molecule has 1 aromatic heterocycles. The second-order valence-corrected chi connectivity index (χ2v) is 4.52. The van der Waals surface area contributed by atoms with Crippen molar-refractivity contribution in [1.29, 1.82) is 0 Å². The van der Waals surface area contributed by atoms with Gasteiger partial charge < -0.3 is 10.1 Å². The number of benzene rings is 1. The summed E-state index contributed by atoms with van der Waals surface area (Å²) in [5.74, 6) is 0.236. The molecule has 19 heavy (non-hydrogen) atoms. The van der Waals surface area contributed by atoms with Gasteiger partial charge in [-0.1, -0.05) is 17.7 Å². The molecular formula is C13H15ClFN3O. The van der Waals surface area contributed by atoms with E-state index in [0.29, 0.717) is 5.75 Å². The molecule has 0 radical (unpaired) electrons. The Kier molecular flexibility index (Phi) is 4.07. The van der Waals surface area contributed by atoms with Crippen molar-refractivity contribution in [3.05, 3.63) is 46.5 Å². The molecule has 0 saturated heterocycles. The number of rotatable bonds is 4. The van der Waals surface area contributed by atoms with Crippen LogP contribution < -0.4 is 10.1 Å². The molecule has 0 fully saturated rings. The summed E-state index contributed by atoms with van der Waals surface area (Å²) in [6.07, 6.45) is 1.64. The molecular weight excluding hydrogens is 269 g/mol. The third-order valence-corrected chi connectivity index (χ3v) is 3.30. The first-order chi connectivity index (χ1) is 9.08. The molecule has 0 saturated carbocycles. The fraction of sp³-hybridized carbons (Fsp3) is 0.308. The molecule has 1 N–H and O–H groups in total. The number of nitrogens with zero attached hydrogens (tertiary/aromatic N) is 2. The lowest BCUT2D eigenvalue weighted by molar-refractivity contribution is 0.402. The van der Waals surface area contributed by atoms with Gasteiger partial charge in [-0.05, 0) is 24.7 Å². The number of aryl methyl sites for hydroxylation is 1. The third kappa shape index (κ3) is 2.57. The molecule has 2 rings (SSSR count). The summed E-state index contributed by atoms with van der Waals surface area (Å²) in [7, 11) is 5.23. The number of nitrogens with one attached hydrogen (secondary N) is 1. The zero-order valence-electron chi connectivity index (χ0n) is 10.9. The van der Waals surface area contributed by atoms with Crippen LogP contribution in [0.3, 0.4) is 0 Å². The van der Waals surface area contributed by atoms with E-state index in [2.05, 4.69) is 10.4 Å². The van der Waals surface area contributed by atoms with E-state index in [9.17, 15) is 4.39 Å². The third-order valence-electron chi connectivity index (χ3n) is 3.01. The Balaban J connectivity index is 2.49. The van der Waals surface area contributed by atoms with Crippen molar-refractivity contribution in [1.82, 2.24) is 15.1 Å². The van der Waals surface area contributed by atoms with Crippen LogP contribution in [0.2, 0.25) is 5.02 Å². The van der Waals surface area contributed by atoms with Gasteiger partial charge in [0.1, 0.15) is 11.5 Å². The minimum absolute atomic E-state index is 0.0962. The lowest BCUT2D eigenvalue weighted by Gasteiger charge is -2.18. The number of hydrogen-bond acceptors (Lipinski definition) is 3. The van der Waals surface area contributed by atoms with Crippen LogP contribution in [0.1, 0.15) is 17.3 Å². The van der Waals surface area contributed by atoms with E-state index in [1.807, 2.05) is 14.1 Å². The number of methoxy groups -OCH3 is 1. The first-order valence-corrected chi connectivity index (χ1v) is 6.14. The van der Waals surface area contributed by atoms with E-state index in [-0.39, 0.29) is 11.1 Å². The van der Waals surface area contributed by atoms with E-state index in [1.54, 1.807) is 30.1 Å². The smallest absolute Gasteiger partial charge is 0.161 e. The van der Waals surface area contributed by atoms with Gasteiger partial charge in [0.25, 0.3) is 0 Å². The summed E-state index contributed by atoms with van der Waals surface area (Å²) in [6.45, 7) is 0. The van der Waals surface area contributed by atoms with Gasteiger partial charge in [-0.25, -0.2) is 4.39 Å². The molecule has 102 valence electrons. The highest BCUT2D eigenvalue weighted by molar-refractivity contribution is 6.30. The molecule has 1 atom stereocenters. The standard InChI is InChI=1S/C13H15ClFN3O/c1-16-12(8-4-5-10(15)9(14)6-8)13-11(19-3)7-17-18(13)2/h4-7,12,16H,1-3H3. The van der Waals surface area contributed by atoms with Gasteiger partial charge in [0.05, 0.1) is 24.4 Å². The van der Waals surface area contributed by atoms with Gasteiger partial charge in [-0.3, -0.25) is 4.68 Å². The van der Waals surface area contributed by atoms with Crippen molar-refractivity contribution in [2.75, 3.05) is 14.2 Å². The average Bonchev–Trinajstić information content (AvgIpc) is 2.76. The van der Waals surface area contributed by atoms with Crippen LogP contribution in [0, 0.1) is 5.82 Å². The Hall–Kier alpha value is -1.59. The number of aromatic nitrogens is 2. The van der Waals surface area contributed by atoms with E-state index in [1.165, 1.54) is 6.07 Å². The highest BCUT2D eigenvalue weighted by Gasteiger charge is 2.21. The van der Waals surface area contributed by atoms with E-state index in [4.69, 9.17) is 16.3 Å². The maximum Gasteiger partial charge on any atom is 0.161 e. The fourth-order valence-electron chi connectivity index (χ4n) is 2.07. The fourth-order valence-corrected chi connectivity index (χ4v) is 2.26. The van der Waals surface area contributed by atoms with Crippen LogP contribution in [-0.4, -0.2) is 23.9 Å². The lowest BCUT2D eigenvalue weighted by Crippen LogP contribution is -2.21. The van der Waals surface area contributed by atoms with E-state index >= 15 is 0 Å². The van der Waals surface area contributed by atoms with Crippen LogP contribution in [0.4, 0.5) is 4.39 Å². The summed E-state index contributed by atoms with van der Waals surface area (Å²) in [6, 6.07) is 4.46. The predicted molar refractivity (Wildman–Crippen MR) is 72.1 cm³/mol. The summed E-state index contributed by atoms with van der Waals surface area (Å²) in [4.78, 5) is 0. The summed E-state index contributed by atoms with van der Waals surface area (Å²) >= 11 is 5.83. The molecule has 1 unspecified atom stereocenters. The summed E-state index contributed by atoms with van der Waals surface area (Å²) in [5.41, 5.74) is 1.70. The number of hydrogen-bond donors (Lipinski definition) is 1. The van der Waals surface area contributed by atoms with Crippen molar-refractivity contribution in [3.63, 3.8) is 0 Å². The monoisotopic (exact) mass is 283 g/mol. The molecule has 0 spiro atoms. The van der Waals surface area contributed by atoms with Gasteiger partial charge in [0.15, 0.2) is 5.75 Å². The first kappa shape index (κ1) is 13.8. The van der Waals surface area contributed by atoms with Crippen molar-refractivity contribution in [2.45, 2.75) is 6.04 Å². The Morgan fingerprint density at radius 2 is 2.21 bits per heavy atom. The molecule has 1 heterocycles. The maximum atomic E-state index is 13.2. The van der Waals surface area contributed by atoms with Crippen molar-refractivity contribution < 1.29 is 9.13 Å². The van der Waals surface area contributed by atoms with Crippen molar-refractivity contribution >= 4 is 11.6 Å². The lowest BCUT2D eigenvalue weighted by atomic mass is 10.0. The van der Waals surface area contributed by atoms with Crippen molar-refractivity contribution in [2.24, 2.45) is 7.05 Å². The van der Waals surface area contributed by atoms with Gasteiger partial charge in [0, 0.05) is 7.05 Å². The topological polar surface area (TPSA) is 39.1 Å². The first-order valence-electron chi connectivity index (χ1n) is 5.76. The Morgan fingerprint density at radius 1 is 1.47 bits per heavy atom. The molecule has 0 bridgehead atoms. The van der Waals surface area contributed by atoms with E-state index < -0.39 is 5.82 Å². The molecule has 6 heteroatoms. The van der Waals surface area contributed by atoms with Crippen molar-refractivity contribution in [3.8, 4) is 5.75 Å². The molecule has 0 aliphatic rings. The van der Waals surface area contributed by atoms with Crippen LogP contribution in [0.15, 0.2) is 24.4 Å². The van der Waals surface area contributed by atoms with Crippen LogP contribution in [-0.2, 0) is 7.05 Å². The highest BCUT2D eigenvalue weighted by atomic mass is 35.5.